The molecule has 11 heteroatoms. The highest BCUT2D eigenvalue weighted by atomic mass is 35.5. The summed E-state index contributed by atoms with van der Waals surface area (Å²) in [6.45, 7) is 0.849. The highest BCUT2D eigenvalue weighted by molar-refractivity contribution is 7.92. The second-order valence-corrected chi connectivity index (χ2v) is 10.5. The van der Waals surface area contributed by atoms with Gasteiger partial charge in [-0.1, -0.05) is 53.5 Å². The van der Waals surface area contributed by atoms with E-state index < -0.39 is 40.2 Å². The summed E-state index contributed by atoms with van der Waals surface area (Å²) < 4.78 is 41.5. The molecule has 3 aromatic carbocycles. The molecule has 0 aliphatic heterocycles. The van der Waals surface area contributed by atoms with E-state index >= 15 is 0 Å². The summed E-state index contributed by atoms with van der Waals surface area (Å²) in [6.07, 6.45) is 0. The molecule has 1 unspecified atom stereocenters. The van der Waals surface area contributed by atoms with Crippen LogP contribution >= 0.6 is 23.2 Å². The fourth-order valence-corrected chi connectivity index (χ4v) is 5.19. The number of nitrogens with zero attached hydrogens (tertiary/aromatic N) is 2. The molecule has 0 fully saturated rings. The van der Waals surface area contributed by atoms with Crippen LogP contribution in [-0.2, 0) is 26.2 Å². The molecule has 0 heterocycles. The summed E-state index contributed by atoms with van der Waals surface area (Å²) >= 11 is 12.2. The second kappa shape index (κ2) is 11.7. The lowest BCUT2D eigenvalue weighted by atomic mass is 10.1. The van der Waals surface area contributed by atoms with E-state index in [9.17, 15) is 22.4 Å². The van der Waals surface area contributed by atoms with Crippen molar-refractivity contribution >= 4 is 50.7 Å². The first-order valence-corrected chi connectivity index (χ1v) is 13.0. The van der Waals surface area contributed by atoms with Gasteiger partial charge in [0, 0.05) is 13.6 Å². The molecule has 190 valence electrons. The topological polar surface area (TPSA) is 86.8 Å². The van der Waals surface area contributed by atoms with Crippen LogP contribution in [0.2, 0.25) is 10.0 Å². The number of nitrogens with one attached hydrogen (secondary N) is 1. The summed E-state index contributed by atoms with van der Waals surface area (Å²) in [5.41, 5.74) is 0.684. The average Bonchev–Trinajstić information content (AvgIpc) is 2.88. The molecule has 2 amide bonds. The number of carbonyl (C=O) groups excluding carboxylic acids is 2. The molecule has 7 nitrogen and oxygen atoms in total. The number of anilines is 1. The van der Waals surface area contributed by atoms with Crippen LogP contribution in [0.5, 0.6) is 0 Å². The summed E-state index contributed by atoms with van der Waals surface area (Å²) in [5.74, 6) is -1.55. The van der Waals surface area contributed by atoms with E-state index in [1.54, 1.807) is 18.2 Å². The molecule has 0 aliphatic rings. The smallest absolute Gasteiger partial charge is 0.264 e. The fourth-order valence-electron chi connectivity index (χ4n) is 3.47. The third kappa shape index (κ3) is 6.34. The zero-order valence-electron chi connectivity index (χ0n) is 19.5. The lowest BCUT2D eigenvalue weighted by Crippen LogP contribution is -2.50. The van der Waals surface area contributed by atoms with Gasteiger partial charge < -0.3 is 10.2 Å². The minimum Gasteiger partial charge on any atom is -0.357 e. The Kier molecular flexibility index (Phi) is 8.94. The summed E-state index contributed by atoms with van der Waals surface area (Å²) in [4.78, 5) is 27.2. The quantitative estimate of drug-likeness (QED) is 0.424. The van der Waals surface area contributed by atoms with Crippen molar-refractivity contribution in [3.63, 3.8) is 0 Å². The largest absolute Gasteiger partial charge is 0.357 e. The molecule has 0 aromatic heterocycles. The van der Waals surface area contributed by atoms with E-state index in [1.807, 2.05) is 0 Å². The van der Waals surface area contributed by atoms with E-state index in [4.69, 9.17) is 23.2 Å². The van der Waals surface area contributed by atoms with Gasteiger partial charge in [0.1, 0.15) is 18.4 Å². The zero-order valence-corrected chi connectivity index (χ0v) is 21.8. The Morgan fingerprint density at radius 2 is 1.61 bits per heavy atom. The number of hydrogen-bond acceptors (Lipinski definition) is 4. The molecular formula is C25H24Cl2FN3O4S. The van der Waals surface area contributed by atoms with Gasteiger partial charge in [0.2, 0.25) is 11.8 Å². The maximum Gasteiger partial charge on any atom is 0.264 e. The Bertz CT molecular complexity index is 1340. The van der Waals surface area contributed by atoms with Crippen molar-refractivity contribution in [3.8, 4) is 0 Å². The molecule has 3 rings (SSSR count). The number of sulfonamides is 1. The zero-order chi connectivity index (χ0) is 26.5. The number of rotatable bonds is 9. The predicted octanol–water partition coefficient (Wildman–Crippen LogP) is 4.49. The van der Waals surface area contributed by atoms with Crippen molar-refractivity contribution in [3.05, 3.63) is 94.2 Å². The van der Waals surface area contributed by atoms with E-state index in [2.05, 4.69) is 5.32 Å². The van der Waals surface area contributed by atoms with Crippen LogP contribution in [-0.4, -0.2) is 44.8 Å². The number of hydrogen-bond donors (Lipinski definition) is 1. The molecular weight excluding hydrogens is 528 g/mol. The standard InChI is InChI=1S/C25H24Cl2FN3O4S/c1-17(25(33)29-2)30(15-18-8-10-19(28)11-9-18)24(32)16-31(20-12-13-22(26)23(27)14-20)36(34,35)21-6-4-3-5-7-21/h3-14,17H,15-16H2,1-2H3,(H,29,33). The van der Waals surface area contributed by atoms with Crippen LogP contribution < -0.4 is 9.62 Å². The first-order valence-electron chi connectivity index (χ1n) is 10.8. The predicted molar refractivity (Wildman–Crippen MR) is 138 cm³/mol. The molecule has 0 radical (unpaired) electrons. The molecule has 0 saturated heterocycles. The van der Waals surface area contributed by atoms with Gasteiger partial charge in [-0.25, -0.2) is 12.8 Å². The Labute approximate surface area is 219 Å². The number of benzene rings is 3. The Balaban J connectivity index is 2.04. The highest BCUT2D eigenvalue weighted by Gasteiger charge is 2.32. The van der Waals surface area contributed by atoms with E-state index in [1.165, 1.54) is 73.5 Å². The molecule has 1 N–H and O–H groups in total. The SMILES string of the molecule is CNC(=O)C(C)N(Cc1ccc(F)cc1)C(=O)CN(c1ccc(Cl)c(Cl)c1)S(=O)(=O)c1ccccc1. The molecule has 0 spiro atoms. The lowest BCUT2D eigenvalue weighted by Gasteiger charge is -2.31. The number of likely N-dealkylation sites (N-methyl/N-ethyl adjacent to an activating group) is 1. The average molecular weight is 552 g/mol. The lowest BCUT2D eigenvalue weighted by molar-refractivity contribution is -0.139. The van der Waals surface area contributed by atoms with Gasteiger partial charge in [0.15, 0.2) is 0 Å². The van der Waals surface area contributed by atoms with Gasteiger partial charge in [-0.05, 0) is 55.0 Å². The molecule has 0 saturated carbocycles. The van der Waals surface area contributed by atoms with Gasteiger partial charge in [0.05, 0.1) is 20.6 Å². The van der Waals surface area contributed by atoms with Crippen molar-refractivity contribution in [2.45, 2.75) is 24.4 Å². The van der Waals surface area contributed by atoms with Gasteiger partial charge in [-0.3, -0.25) is 13.9 Å². The Morgan fingerprint density at radius 1 is 0.972 bits per heavy atom. The first-order chi connectivity index (χ1) is 17.0. The fraction of sp³-hybridized carbons (Fsp3) is 0.200. The first kappa shape index (κ1) is 27.4. The van der Waals surface area contributed by atoms with E-state index in [-0.39, 0.29) is 27.2 Å². The third-order valence-corrected chi connectivity index (χ3v) is 8.01. The van der Waals surface area contributed by atoms with Crippen molar-refractivity contribution in [2.24, 2.45) is 0 Å². The van der Waals surface area contributed by atoms with Crippen molar-refractivity contribution in [1.82, 2.24) is 10.2 Å². The number of carbonyl (C=O) groups is 2. The van der Waals surface area contributed by atoms with Crippen molar-refractivity contribution < 1.29 is 22.4 Å². The van der Waals surface area contributed by atoms with Crippen molar-refractivity contribution in [1.29, 1.82) is 0 Å². The summed E-state index contributed by atoms with van der Waals surface area (Å²) in [7, 11) is -2.78. The maximum absolute atomic E-state index is 13.6. The molecule has 3 aromatic rings. The van der Waals surface area contributed by atoms with E-state index in [0.717, 1.165) is 4.31 Å². The second-order valence-electron chi connectivity index (χ2n) is 7.86. The van der Waals surface area contributed by atoms with E-state index in [0.29, 0.717) is 5.56 Å². The molecule has 1 atom stereocenters. The van der Waals surface area contributed by atoms with Crippen LogP contribution in [0.25, 0.3) is 0 Å². The van der Waals surface area contributed by atoms with Crippen LogP contribution in [0.15, 0.2) is 77.7 Å². The highest BCUT2D eigenvalue weighted by Crippen LogP contribution is 2.30. The minimum atomic E-state index is -4.21. The van der Waals surface area contributed by atoms with Gasteiger partial charge in [-0.2, -0.15) is 0 Å². The number of amides is 2. The third-order valence-electron chi connectivity index (χ3n) is 5.48. The van der Waals surface area contributed by atoms with Crippen LogP contribution in [0.1, 0.15) is 12.5 Å². The normalized spacial score (nSPS) is 12.0. The Hall–Kier alpha value is -3.14. The minimum absolute atomic E-state index is 0.0340. The summed E-state index contributed by atoms with van der Waals surface area (Å²) in [5, 5.41) is 2.82. The maximum atomic E-state index is 13.6. The van der Waals surface area contributed by atoms with Gasteiger partial charge in [0.25, 0.3) is 10.0 Å². The number of halogens is 3. The summed E-state index contributed by atoms with van der Waals surface area (Å²) in [6, 6.07) is 16.4. The van der Waals surface area contributed by atoms with Crippen LogP contribution in [0.4, 0.5) is 10.1 Å². The van der Waals surface area contributed by atoms with Crippen LogP contribution in [0.3, 0.4) is 0 Å². The monoisotopic (exact) mass is 551 g/mol. The molecule has 0 bridgehead atoms. The van der Waals surface area contributed by atoms with Crippen LogP contribution in [0, 0.1) is 5.82 Å². The van der Waals surface area contributed by atoms with Gasteiger partial charge in [-0.15, -0.1) is 0 Å². The molecule has 0 aliphatic carbocycles. The van der Waals surface area contributed by atoms with Crippen molar-refractivity contribution in [2.75, 3.05) is 17.9 Å². The molecule has 36 heavy (non-hydrogen) atoms. The van der Waals surface area contributed by atoms with Gasteiger partial charge >= 0.3 is 0 Å². The Morgan fingerprint density at radius 3 is 2.19 bits per heavy atom.